The van der Waals surface area contributed by atoms with Gasteiger partial charge in [-0.25, -0.2) is 13.1 Å². The van der Waals surface area contributed by atoms with Crippen LogP contribution in [0.4, 0.5) is 0 Å². The van der Waals surface area contributed by atoms with Crippen LogP contribution in [0.2, 0.25) is 0 Å². The second kappa shape index (κ2) is 6.25. The molecule has 1 heterocycles. The minimum Gasteiger partial charge on any atom is -0.496 e. The summed E-state index contributed by atoms with van der Waals surface area (Å²) in [7, 11) is -2.21. The fourth-order valence-corrected chi connectivity index (χ4v) is 2.91. The van der Waals surface area contributed by atoms with E-state index in [-0.39, 0.29) is 18.0 Å². The van der Waals surface area contributed by atoms with E-state index in [1.807, 2.05) is 6.92 Å². The molecule has 0 saturated heterocycles. The topological polar surface area (TPSA) is 104 Å². The van der Waals surface area contributed by atoms with Crippen molar-refractivity contribution in [1.29, 1.82) is 0 Å². The molecule has 0 radical (unpaired) electrons. The van der Waals surface area contributed by atoms with Crippen LogP contribution in [0.5, 0.6) is 5.75 Å². The molecule has 2 aromatic rings. The lowest BCUT2D eigenvalue weighted by Crippen LogP contribution is -2.23. The summed E-state index contributed by atoms with van der Waals surface area (Å²) in [6, 6.07) is 4.34. The zero-order chi connectivity index (χ0) is 15.5. The number of rotatable bonds is 6. The van der Waals surface area contributed by atoms with Crippen LogP contribution >= 0.6 is 0 Å². The molecule has 0 aliphatic carbocycles. The van der Waals surface area contributed by atoms with E-state index < -0.39 is 10.0 Å². The van der Waals surface area contributed by atoms with E-state index in [9.17, 15) is 13.5 Å². The van der Waals surface area contributed by atoms with E-state index in [4.69, 9.17) is 4.74 Å². The SMILES string of the molecule is COc1ccc(S(=O)(=O)NCc2cn[nH]c2C)cc1CO. The highest BCUT2D eigenvalue weighted by Crippen LogP contribution is 2.22. The minimum absolute atomic E-state index is 0.0773. The van der Waals surface area contributed by atoms with Gasteiger partial charge in [-0.1, -0.05) is 0 Å². The maximum absolute atomic E-state index is 12.2. The largest absolute Gasteiger partial charge is 0.496 e. The van der Waals surface area contributed by atoms with Gasteiger partial charge in [-0.2, -0.15) is 5.10 Å². The number of hydrogen-bond acceptors (Lipinski definition) is 5. The number of benzene rings is 1. The predicted octanol–water partition coefficient (Wildman–Crippen LogP) is 0.698. The third-order valence-corrected chi connectivity index (χ3v) is 4.52. The maximum Gasteiger partial charge on any atom is 0.240 e. The van der Waals surface area contributed by atoms with Crippen molar-refractivity contribution in [2.75, 3.05) is 7.11 Å². The van der Waals surface area contributed by atoms with Crippen LogP contribution in [0.25, 0.3) is 0 Å². The van der Waals surface area contributed by atoms with Crippen molar-refractivity contribution in [3.8, 4) is 5.75 Å². The summed E-state index contributed by atoms with van der Waals surface area (Å²) < 4.78 is 32.0. The number of hydrogen-bond donors (Lipinski definition) is 3. The minimum atomic E-state index is -3.67. The maximum atomic E-state index is 12.2. The lowest BCUT2D eigenvalue weighted by Gasteiger charge is -2.10. The molecule has 0 unspecified atom stereocenters. The molecule has 0 fully saturated rings. The standard InChI is InChI=1S/C13H17N3O4S/c1-9-11(6-14-16-9)7-15-21(18,19)12-3-4-13(20-2)10(5-12)8-17/h3-6,15,17H,7-8H2,1-2H3,(H,14,16). The first kappa shape index (κ1) is 15.5. The molecule has 1 aromatic carbocycles. The van der Waals surface area contributed by atoms with Crippen molar-refractivity contribution in [2.45, 2.75) is 25.0 Å². The lowest BCUT2D eigenvalue weighted by molar-refractivity contribution is 0.273. The Bertz CT molecular complexity index is 725. The average molecular weight is 311 g/mol. The van der Waals surface area contributed by atoms with E-state index in [0.29, 0.717) is 11.3 Å². The highest BCUT2D eigenvalue weighted by atomic mass is 32.2. The number of nitrogens with zero attached hydrogens (tertiary/aromatic N) is 1. The molecule has 0 aliphatic rings. The third-order valence-electron chi connectivity index (χ3n) is 3.12. The van der Waals surface area contributed by atoms with Crippen molar-refractivity contribution in [3.05, 3.63) is 41.2 Å². The fraction of sp³-hybridized carbons (Fsp3) is 0.308. The molecule has 3 N–H and O–H groups in total. The molecule has 0 aliphatic heterocycles. The molecule has 0 saturated carbocycles. The second-order valence-electron chi connectivity index (χ2n) is 4.48. The number of methoxy groups -OCH3 is 1. The van der Waals surface area contributed by atoms with Gasteiger partial charge >= 0.3 is 0 Å². The smallest absolute Gasteiger partial charge is 0.240 e. The zero-order valence-corrected chi connectivity index (χ0v) is 12.6. The van der Waals surface area contributed by atoms with Gasteiger partial charge in [0.25, 0.3) is 0 Å². The molecular weight excluding hydrogens is 294 g/mol. The van der Waals surface area contributed by atoms with Gasteiger partial charge in [0.1, 0.15) is 5.75 Å². The van der Waals surface area contributed by atoms with Crippen LogP contribution in [0, 0.1) is 6.92 Å². The predicted molar refractivity (Wildman–Crippen MR) is 76.3 cm³/mol. The molecule has 1 aromatic heterocycles. The summed E-state index contributed by atoms with van der Waals surface area (Å²) in [5.41, 5.74) is 2.00. The van der Waals surface area contributed by atoms with E-state index in [2.05, 4.69) is 14.9 Å². The monoisotopic (exact) mass is 311 g/mol. The first-order chi connectivity index (χ1) is 9.97. The average Bonchev–Trinajstić information content (AvgIpc) is 2.89. The highest BCUT2D eigenvalue weighted by molar-refractivity contribution is 7.89. The fourth-order valence-electron chi connectivity index (χ4n) is 1.86. The first-order valence-electron chi connectivity index (χ1n) is 6.24. The molecule has 114 valence electrons. The van der Waals surface area contributed by atoms with Gasteiger partial charge in [-0.15, -0.1) is 0 Å². The zero-order valence-electron chi connectivity index (χ0n) is 11.8. The van der Waals surface area contributed by atoms with Crippen LogP contribution in [0.1, 0.15) is 16.8 Å². The van der Waals surface area contributed by atoms with Gasteiger partial charge in [0.15, 0.2) is 0 Å². The normalized spacial score (nSPS) is 11.6. The van der Waals surface area contributed by atoms with Crippen LogP contribution in [-0.4, -0.2) is 30.8 Å². The second-order valence-corrected chi connectivity index (χ2v) is 6.24. The van der Waals surface area contributed by atoms with Gasteiger partial charge in [-0.05, 0) is 25.1 Å². The van der Waals surface area contributed by atoms with Gasteiger partial charge in [0.2, 0.25) is 10.0 Å². The summed E-state index contributed by atoms with van der Waals surface area (Å²) in [4.78, 5) is 0.0773. The number of nitrogens with one attached hydrogen (secondary N) is 2. The summed E-state index contributed by atoms with van der Waals surface area (Å²) in [6.07, 6.45) is 1.57. The molecule has 0 amide bonds. The first-order valence-corrected chi connectivity index (χ1v) is 7.72. The van der Waals surface area contributed by atoms with E-state index in [1.165, 1.54) is 25.3 Å². The van der Waals surface area contributed by atoms with E-state index in [0.717, 1.165) is 11.3 Å². The number of aromatic amines is 1. The van der Waals surface area contributed by atoms with Crippen molar-refractivity contribution < 1.29 is 18.3 Å². The van der Waals surface area contributed by atoms with Crippen LogP contribution in [0.15, 0.2) is 29.3 Å². The number of aryl methyl sites for hydroxylation is 1. The number of aliphatic hydroxyl groups excluding tert-OH is 1. The van der Waals surface area contributed by atoms with Crippen molar-refractivity contribution in [3.63, 3.8) is 0 Å². The molecule has 0 bridgehead atoms. The van der Waals surface area contributed by atoms with Crippen molar-refractivity contribution >= 4 is 10.0 Å². The van der Waals surface area contributed by atoms with Crippen molar-refractivity contribution in [2.24, 2.45) is 0 Å². The Morgan fingerprint density at radius 2 is 2.14 bits per heavy atom. The number of aliphatic hydroxyl groups is 1. The number of H-pyrrole nitrogens is 1. The van der Waals surface area contributed by atoms with Gasteiger partial charge in [0, 0.05) is 23.4 Å². The lowest BCUT2D eigenvalue weighted by atomic mass is 10.2. The van der Waals surface area contributed by atoms with Gasteiger partial charge < -0.3 is 9.84 Å². The molecule has 0 spiro atoms. The number of aromatic nitrogens is 2. The Morgan fingerprint density at radius 1 is 1.38 bits per heavy atom. The van der Waals surface area contributed by atoms with Crippen molar-refractivity contribution in [1.82, 2.24) is 14.9 Å². The molecule has 7 nitrogen and oxygen atoms in total. The van der Waals surface area contributed by atoms with Crippen LogP contribution in [0.3, 0.4) is 0 Å². The Balaban J connectivity index is 2.21. The molecule has 8 heteroatoms. The summed E-state index contributed by atoms with van der Waals surface area (Å²) in [5.74, 6) is 0.446. The highest BCUT2D eigenvalue weighted by Gasteiger charge is 2.16. The Hall–Kier alpha value is -1.90. The summed E-state index contributed by atoms with van der Waals surface area (Å²) in [6.45, 7) is 1.66. The molecule has 0 atom stereocenters. The quantitative estimate of drug-likeness (QED) is 0.728. The van der Waals surface area contributed by atoms with Gasteiger partial charge in [-0.3, -0.25) is 5.10 Å². The third kappa shape index (κ3) is 3.41. The number of sulfonamides is 1. The summed E-state index contributed by atoms with van der Waals surface area (Å²) >= 11 is 0. The molecule has 2 rings (SSSR count). The van der Waals surface area contributed by atoms with Crippen LogP contribution < -0.4 is 9.46 Å². The Morgan fingerprint density at radius 3 is 2.71 bits per heavy atom. The Kier molecular flexibility index (Phi) is 4.61. The van der Waals surface area contributed by atoms with E-state index >= 15 is 0 Å². The van der Waals surface area contributed by atoms with Gasteiger partial charge in [0.05, 0.1) is 24.8 Å². The van der Waals surface area contributed by atoms with Crippen LogP contribution in [-0.2, 0) is 23.2 Å². The summed E-state index contributed by atoms with van der Waals surface area (Å²) in [5, 5.41) is 15.8. The van der Waals surface area contributed by atoms with E-state index in [1.54, 1.807) is 6.20 Å². The molecule has 21 heavy (non-hydrogen) atoms. The number of ether oxygens (including phenoxy) is 1. The molecular formula is C13H17N3O4S. The Labute approximate surface area is 123 Å².